The maximum Gasteiger partial charge on any atom is 0.464 e. The van der Waals surface area contributed by atoms with Gasteiger partial charge in [-0.15, -0.1) is 11.3 Å². The van der Waals surface area contributed by atoms with Crippen LogP contribution < -0.4 is 4.74 Å². The number of halogens is 6. The van der Waals surface area contributed by atoms with Crippen LogP contribution in [-0.2, 0) is 17.8 Å². The Bertz CT molecular complexity index is 1140. The molecule has 2 aromatic heterocycles. The zero-order valence-corrected chi connectivity index (χ0v) is 18.4. The second-order valence-corrected chi connectivity index (χ2v) is 9.55. The lowest BCUT2D eigenvalue weighted by atomic mass is 10.1. The topological polar surface area (TPSA) is 51.5 Å². The van der Waals surface area contributed by atoms with Crippen molar-refractivity contribution in [3.63, 3.8) is 0 Å². The van der Waals surface area contributed by atoms with Gasteiger partial charge in [0.2, 0.25) is 0 Å². The van der Waals surface area contributed by atoms with Gasteiger partial charge in [0.05, 0.1) is 34.8 Å². The van der Waals surface area contributed by atoms with E-state index in [2.05, 4.69) is 0 Å². The Morgan fingerprint density at radius 2 is 1.94 bits per heavy atom. The molecule has 0 amide bonds. The molecule has 3 rings (SSSR count). The highest BCUT2D eigenvalue weighted by Crippen LogP contribution is 2.49. The highest BCUT2D eigenvalue weighted by atomic mass is 35.5. The van der Waals surface area contributed by atoms with Crippen LogP contribution in [0.2, 0.25) is 5.02 Å². The van der Waals surface area contributed by atoms with Crippen LogP contribution in [0.1, 0.15) is 16.1 Å². The average Bonchev–Trinajstić information content (AvgIpc) is 3.17. The fourth-order valence-corrected chi connectivity index (χ4v) is 5.38. The molecule has 0 saturated carbocycles. The molecule has 0 fully saturated rings. The molecule has 0 spiro atoms. The molecule has 12 heteroatoms. The fraction of sp³-hybridized carbons (Fsp3) is 0.316. The van der Waals surface area contributed by atoms with Crippen molar-refractivity contribution >= 4 is 51.6 Å². The van der Waals surface area contributed by atoms with Crippen molar-refractivity contribution in [3.8, 4) is 5.75 Å². The number of methoxy groups -OCH3 is 1. The number of thiophene rings is 1. The van der Waals surface area contributed by atoms with Gasteiger partial charge in [0.1, 0.15) is 5.75 Å². The van der Waals surface area contributed by atoms with Gasteiger partial charge in [-0.3, -0.25) is 4.79 Å². The summed E-state index contributed by atoms with van der Waals surface area (Å²) in [7, 11) is 1.43. The predicted molar refractivity (Wildman–Crippen MR) is 110 cm³/mol. The van der Waals surface area contributed by atoms with Crippen LogP contribution in [0.4, 0.5) is 22.0 Å². The Morgan fingerprint density at radius 3 is 2.52 bits per heavy atom. The quantitative estimate of drug-likeness (QED) is 0.294. The summed E-state index contributed by atoms with van der Waals surface area (Å²) in [4.78, 5) is 11.9. The minimum Gasteiger partial charge on any atom is -0.495 e. The van der Waals surface area contributed by atoms with Gasteiger partial charge in [-0.1, -0.05) is 11.6 Å². The Balaban J connectivity index is 2.00. The number of carboxylic acid groups (broad SMARTS) is 1. The lowest BCUT2D eigenvalue weighted by molar-refractivity contribution is -0.237. The molecule has 0 saturated heterocycles. The van der Waals surface area contributed by atoms with Crippen molar-refractivity contribution in [1.82, 2.24) is 4.57 Å². The number of thioether (sulfide) groups is 1. The molecular formula is C19H15ClF5NO3S2. The fourth-order valence-electron chi connectivity index (χ4n) is 3.12. The summed E-state index contributed by atoms with van der Waals surface area (Å²) in [5.74, 6) is -0.678. The third-order valence-electron chi connectivity index (χ3n) is 4.57. The van der Waals surface area contributed by atoms with E-state index in [-0.39, 0.29) is 17.2 Å². The van der Waals surface area contributed by atoms with Crippen molar-refractivity contribution in [3.05, 3.63) is 45.4 Å². The van der Waals surface area contributed by atoms with Crippen LogP contribution in [-0.4, -0.2) is 34.2 Å². The van der Waals surface area contributed by atoms with E-state index in [0.29, 0.717) is 37.8 Å². The third kappa shape index (κ3) is 4.78. The number of ether oxygens (including phenoxy) is 1. The van der Waals surface area contributed by atoms with Crippen LogP contribution in [0.25, 0.3) is 10.9 Å². The number of alkyl halides is 5. The number of rotatable bonds is 7. The van der Waals surface area contributed by atoms with E-state index in [1.165, 1.54) is 19.2 Å². The second kappa shape index (κ2) is 8.51. The van der Waals surface area contributed by atoms with Crippen LogP contribution in [0.15, 0.2) is 28.5 Å². The smallest absolute Gasteiger partial charge is 0.464 e. The molecule has 0 aliphatic carbocycles. The summed E-state index contributed by atoms with van der Waals surface area (Å²) in [6, 6.07) is 5.90. The minimum absolute atomic E-state index is 0.146. The molecule has 4 nitrogen and oxygen atoms in total. The second-order valence-electron chi connectivity index (χ2n) is 6.56. The molecule has 2 heterocycles. The van der Waals surface area contributed by atoms with Crippen LogP contribution >= 0.6 is 34.7 Å². The number of hydrogen-bond donors (Lipinski definition) is 1. The van der Waals surface area contributed by atoms with E-state index in [4.69, 9.17) is 16.3 Å². The van der Waals surface area contributed by atoms with E-state index >= 15 is 0 Å². The lowest BCUT2D eigenvalue weighted by Gasteiger charge is -2.17. The maximum atomic E-state index is 13.3. The molecule has 3 aromatic rings. The summed E-state index contributed by atoms with van der Waals surface area (Å²) in [6.07, 6.45) is -5.92. The SMILES string of the molecule is COc1cc2c(CC(=O)O)c(C)n(Cc3ccc(SC(F)(F)C(F)(F)F)s3)c2cc1Cl. The molecule has 0 aliphatic rings. The number of aliphatic carboxylic acids is 1. The predicted octanol–water partition coefficient (Wildman–Crippen LogP) is 6.60. The summed E-state index contributed by atoms with van der Waals surface area (Å²) in [5.41, 5.74) is 1.75. The van der Waals surface area contributed by atoms with E-state index in [0.717, 1.165) is 11.3 Å². The van der Waals surface area contributed by atoms with Gasteiger partial charge in [-0.25, -0.2) is 0 Å². The first-order chi connectivity index (χ1) is 14.3. The van der Waals surface area contributed by atoms with Crippen molar-refractivity contribution in [2.75, 3.05) is 7.11 Å². The molecule has 0 radical (unpaired) electrons. The molecule has 0 aliphatic heterocycles. The van der Waals surface area contributed by atoms with E-state index < -0.39 is 29.2 Å². The van der Waals surface area contributed by atoms with Gasteiger partial charge < -0.3 is 14.4 Å². The van der Waals surface area contributed by atoms with Crippen molar-refractivity contribution in [2.45, 2.75) is 35.5 Å². The molecular weight excluding hydrogens is 485 g/mol. The van der Waals surface area contributed by atoms with Crippen LogP contribution in [0.3, 0.4) is 0 Å². The van der Waals surface area contributed by atoms with E-state index in [1.54, 1.807) is 23.6 Å². The Hall–Kier alpha value is -1.98. The zero-order chi connectivity index (χ0) is 23.1. The van der Waals surface area contributed by atoms with E-state index in [9.17, 15) is 31.9 Å². The summed E-state index contributed by atoms with van der Waals surface area (Å²) < 4.78 is 70.8. The number of nitrogens with zero attached hydrogens (tertiary/aromatic N) is 1. The summed E-state index contributed by atoms with van der Waals surface area (Å²) in [5, 5.41) is 5.28. The first kappa shape index (κ1) is 23.7. The first-order valence-electron chi connectivity index (χ1n) is 8.63. The highest BCUT2D eigenvalue weighted by Gasteiger charge is 2.58. The van der Waals surface area contributed by atoms with Gasteiger partial charge in [0.15, 0.2) is 0 Å². The van der Waals surface area contributed by atoms with Gasteiger partial charge in [0.25, 0.3) is 0 Å². The van der Waals surface area contributed by atoms with Gasteiger partial charge >= 0.3 is 17.4 Å². The number of carbonyl (C=O) groups is 1. The summed E-state index contributed by atoms with van der Waals surface area (Å²) in [6.45, 7) is 1.85. The molecule has 1 N–H and O–H groups in total. The molecule has 0 bridgehead atoms. The Labute approximate surface area is 186 Å². The standard InChI is InChI=1S/C19H15ClF5NO3S2/c1-9-11(6-16(27)28)12-5-15(29-2)13(20)7-14(12)26(9)8-10-3-4-17(30-10)31-19(24,25)18(21,22)23/h3-5,7H,6,8H2,1-2H3,(H,27,28). The number of benzene rings is 1. The first-order valence-corrected chi connectivity index (χ1v) is 10.6. The third-order valence-corrected chi connectivity index (χ3v) is 7.05. The van der Waals surface area contributed by atoms with E-state index in [1.807, 2.05) is 0 Å². The average molecular weight is 500 g/mol. The number of aromatic nitrogens is 1. The number of hydrogen-bond acceptors (Lipinski definition) is 4. The van der Waals surface area contributed by atoms with Crippen molar-refractivity contribution in [1.29, 1.82) is 0 Å². The molecule has 1 aromatic carbocycles. The number of fused-ring (bicyclic) bond motifs is 1. The Kier molecular flexibility index (Phi) is 6.50. The molecule has 0 unspecified atom stereocenters. The largest absolute Gasteiger partial charge is 0.495 e. The molecule has 168 valence electrons. The van der Waals surface area contributed by atoms with Crippen LogP contribution in [0.5, 0.6) is 5.75 Å². The minimum atomic E-state index is -5.66. The van der Waals surface area contributed by atoms with Gasteiger partial charge in [0, 0.05) is 16.0 Å². The van der Waals surface area contributed by atoms with Gasteiger partial charge in [-0.05, 0) is 48.5 Å². The summed E-state index contributed by atoms with van der Waals surface area (Å²) >= 11 is 6.48. The maximum absolute atomic E-state index is 13.3. The van der Waals surface area contributed by atoms with Gasteiger partial charge in [-0.2, -0.15) is 22.0 Å². The van der Waals surface area contributed by atoms with Crippen LogP contribution in [0, 0.1) is 6.92 Å². The van der Waals surface area contributed by atoms with Crippen molar-refractivity contribution < 1.29 is 36.6 Å². The van der Waals surface area contributed by atoms with Crippen molar-refractivity contribution in [2.24, 2.45) is 0 Å². The Morgan fingerprint density at radius 1 is 1.26 bits per heavy atom. The lowest BCUT2D eigenvalue weighted by Crippen LogP contribution is -2.32. The monoisotopic (exact) mass is 499 g/mol. The molecule has 31 heavy (non-hydrogen) atoms. The zero-order valence-electron chi connectivity index (χ0n) is 16.0. The molecule has 0 atom stereocenters. The number of carboxylic acids is 1. The normalized spacial score (nSPS) is 12.5. The highest BCUT2D eigenvalue weighted by molar-refractivity contribution is 8.02.